The van der Waals surface area contributed by atoms with E-state index in [0.717, 1.165) is 167 Å². The van der Waals surface area contributed by atoms with Crippen LogP contribution in [-0.2, 0) is 55.8 Å². The Morgan fingerprint density at radius 1 is 0.299 bits per heavy atom. The molecule has 97 heavy (non-hydrogen) atoms. The summed E-state index contributed by atoms with van der Waals surface area (Å²) >= 11 is 0. The third-order valence-corrected chi connectivity index (χ3v) is 16.3. The molecular formula is C79H128O16P2. The van der Waals surface area contributed by atoms with Crippen molar-refractivity contribution in [3.63, 3.8) is 0 Å². The van der Waals surface area contributed by atoms with Crippen LogP contribution in [0.4, 0.5) is 0 Å². The fraction of sp³-hybridized carbons (Fsp3) is 0.608. The van der Waals surface area contributed by atoms with Crippen LogP contribution in [0.5, 0.6) is 0 Å². The van der Waals surface area contributed by atoms with Gasteiger partial charge in [0.25, 0.3) is 0 Å². The van der Waals surface area contributed by atoms with Crippen molar-refractivity contribution in [2.45, 2.75) is 270 Å². The molecule has 5 atom stereocenters. The molecule has 0 radical (unpaired) electrons. The van der Waals surface area contributed by atoms with E-state index in [1.165, 1.54) is 25.7 Å². The van der Waals surface area contributed by atoms with Gasteiger partial charge in [-0.2, -0.15) is 0 Å². The van der Waals surface area contributed by atoms with Crippen LogP contribution in [0.25, 0.3) is 0 Å². The number of esters is 3. The van der Waals surface area contributed by atoms with Gasteiger partial charge in [0, 0.05) is 19.3 Å². The highest BCUT2D eigenvalue weighted by atomic mass is 31.2. The number of unbranched alkanes of at least 4 members (excludes halogenated alkanes) is 16. The molecule has 0 spiro atoms. The molecule has 4 N–H and O–H groups in total. The summed E-state index contributed by atoms with van der Waals surface area (Å²) < 4.78 is 60.9. The number of rotatable bonds is 67. The summed E-state index contributed by atoms with van der Waals surface area (Å²) in [5, 5.41) is 20.6. The minimum absolute atomic E-state index is 0.0590. The summed E-state index contributed by atoms with van der Waals surface area (Å²) in [4.78, 5) is 58.5. The molecule has 16 nitrogen and oxygen atoms in total. The highest BCUT2D eigenvalue weighted by molar-refractivity contribution is 7.47. The van der Waals surface area contributed by atoms with Gasteiger partial charge in [0.05, 0.1) is 26.4 Å². The summed E-state index contributed by atoms with van der Waals surface area (Å²) in [6, 6.07) is 0. The van der Waals surface area contributed by atoms with Crippen LogP contribution in [-0.4, -0.2) is 95.9 Å². The molecule has 0 fully saturated rings. The fourth-order valence-electron chi connectivity index (χ4n) is 8.90. The first kappa shape index (κ1) is 91.9. The van der Waals surface area contributed by atoms with E-state index in [2.05, 4.69) is 191 Å². The minimum Gasteiger partial charge on any atom is -0.463 e. The highest BCUT2D eigenvalue weighted by Gasteiger charge is 2.29. The Hall–Kier alpha value is -5.09. The molecule has 0 saturated carbocycles. The molecular weight excluding hydrogens is 1270 g/mol. The van der Waals surface area contributed by atoms with Gasteiger partial charge in [-0.1, -0.05) is 249 Å². The molecule has 18 heteroatoms. The van der Waals surface area contributed by atoms with Gasteiger partial charge in [-0.15, -0.1) is 0 Å². The maximum atomic E-state index is 13.0. The Bertz CT molecular complexity index is 2440. The number of hydrogen-bond donors (Lipinski definition) is 4. The van der Waals surface area contributed by atoms with Crippen molar-refractivity contribution in [1.29, 1.82) is 0 Å². The minimum atomic E-state index is -4.95. The quantitative estimate of drug-likeness (QED) is 0.0146. The molecule has 0 heterocycles. The maximum absolute atomic E-state index is 13.0. The molecule has 0 rings (SSSR count). The first-order chi connectivity index (χ1) is 47.2. The SMILES string of the molecule is CC/C=C\C/C=C\C/C=C\C/C=C\C/C=C\C/C=C\CCCCC(=O)OCC(COP(=O)(O)OCC(O)COP(=O)(O)OCC(O)COC(=O)CCCCCCCCC/C=C\C/C=C\C/C=C\C/C=C\CCCCC)OC(=O)CCCCCC/C=C\C/C=C\C/C=C\C/C=C\CC. The average Bonchev–Trinajstić information content (AvgIpc) is 1.65. The van der Waals surface area contributed by atoms with Crippen molar-refractivity contribution in [2.24, 2.45) is 0 Å². The Morgan fingerprint density at radius 2 is 0.546 bits per heavy atom. The molecule has 0 aliphatic carbocycles. The van der Waals surface area contributed by atoms with E-state index in [0.29, 0.717) is 19.3 Å². The maximum Gasteiger partial charge on any atom is 0.472 e. The van der Waals surface area contributed by atoms with Crippen molar-refractivity contribution in [3.8, 4) is 0 Å². The lowest BCUT2D eigenvalue weighted by Crippen LogP contribution is -2.30. The number of hydrogen-bond acceptors (Lipinski definition) is 14. The second-order valence-corrected chi connectivity index (χ2v) is 26.5. The van der Waals surface area contributed by atoms with Crippen LogP contribution in [0.3, 0.4) is 0 Å². The first-order valence-corrected chi connectivity index (χ1v) is 39.4. The molecule has 0 amide bonds. The smallest absolute Gasteiger partial charge is 0.463 e. The van der Waals surface area contributed by atoms with Gasteiger partial charge in [0.1, 0.15) is 25.4 Å². The van der Waals surface area contributed by atoms with Gasteiger partial charge in [-0.05, 0) is 154 Å². The molecule has 0 aromatic carbocycles. The predicted molar refractivity (Wildman–Crippen MR) is 398 cm³/mol. The zero-order chi connectivity index (χ0) is 70.9. The Kier molecular flexibility index (Phi) is 67.0. The van der Waals surface area contributed by atoms with E-state index in [4.69, 9.17) is 32.3 Å². The molecule has 0 aliphatic rings. The van der Waals surface area contributed by atoms with E-state index in [1.807, 2.05) is 0 Å². The molecule has 0 aliphatic heterocycles. The van der Waals surface area contributed by atoms with Gasteiger partial charge in [-0.3, -0.25) is 32.5 Å². The Labute approximate surface area is 586 Å². The largest absolute Gasteiger partial charge is 0.472 e. The second kappa shape index (κ2) is 70.8. The van der Waals surface area contributed by atoms with Crippen molar-refractivity contribution in [2.75, 3.05) is 39.6 Å². The lowest BCUT2D eigenvalue weighted by molar-refractivity contribution is -0.161. The number of allylic oxidation sites excluding steroid dienone is 28. The number of carbonyl (C=O) groups is 3. The van der Waals surface area contributed by atoms with Gasteiger partial charge < -0.3 is 34.2 Å². The zero-order valence-electron chi connectivity index (χ0n) is 59.7. The van der Waals surface area contributed by atoms with Gasteiger partial charge >= 0.3 is 33.6 Å². The van der Waals surface area contributed by atoms with Crippen LogP contribution >= 0.6 is 15.6 Å². The summed E-state index contributed by atoms with van der Waals surface area (Å²) in [7, 11) is -9.82. The summed E-state index contributed by atoms with van der Waals surface area (Å²) in [6.45, 7) is 2.29. The number of phosphoric ester groups is 2. The van der Waals surface area contributed by atoms with E-state index in [1.54, 1.807) is 0 Å². The van der Waals surface area contributed by atoms with E-state index < -0.39 is 91.5 Å². The molecule has 0 saturated heterocycles. The van der Waals surface area contributed by atoms with Crippen molar-refractivity contribution >= 4 is 33.6 Å². The average molecular weight is 1400 g/mol. The number of aliphatic hydroxyl groups excluding tert-OH is 2. The van der Waals surface area contributed by atoms with Crippen LogP contribution in [0.1, 0.15) is 252 Å². The molecule has 0 aromatic heterocycles. The predicted octanol–water partition coefficient (Wildman–Crippen LogP) is 20.9. The summed E-state index contributed by atoms with van der Waals surface area (Å²) in [6.07, 6.45) is 88.3. The number of ether oxygens (including phenoxy) is 3. The van der Waals surface area contributed by atoms with Crippen LogP contribution in [0.2, 0.25) is 0 Å². The topological polar surface area (TPSA) is 231 Å². The molecule has 5 unspecified atom stereocenters. The van der Waals surface area contributed by atoms with E-state index >= 15 is 0 Å². The van der Waals surface area contributed by atoms with Crippen LogP contribution < -0.4 is 0 Å². The number of aliphatic hydroxyl groups is 2. The standard InChI is InChI=1S/C79H128O16P2/c1-4-7-10-13-16-19-22-25-28-31-33-35-36-38-40-42-44-47-50-53-56-59-62-65-77(82)89-68-74(80)69-91-96(85,86)92-70-75(81)71-93-97(87,88)94-73-76(95-79(84)67-64-61-58-55-52-49-46-41-30-27-24-21-18-15-12-9-6-3)72-90-78(83)66-63-60-57-54-51-48-45-43-39-37-34-32-29-26-23-20-17-14-11-8-5-2/h8-9,11-12,16-21,25-30,33-35,37-38,40,43,45-46,49,51,54,74-76,80-81H,4-7,10,13-15,22-24,31-32,36,39,41-42,44,47-48,50,52-53,55-73H2,1-3H3,(H,85,86)(H,87,88)/b11-8-,12-9-,19-16-,20-17-,21-18-,28-25-,29-26-,30-27-,35-33-,37-34-,40-38-,45-43-,49-46-,54-51-. The molecule has 0 bridgehead atoms. The van der Waals surface area contributed by atoms with E-state index in [9.17, 15) is 43.5 Å². The molecule has 0 aromatic rings. The van der Waals surface area contributed by atoms with Crippen molar-refractivity contribution < 1.29 is 75.8 Å². The lowest BCUT2D eigenvalue weighted by Gasteiger charge is -2.21. The zero-order valence-corrected chi connectivity index (χ0v) is 61.5. The monoisotopic (exact) mass is 1390 g/mol. The van der Waals surface area contributed by atoms with Crippen molar-refractivity contribution in [3.05, 3.63) is 170 Å². The van der Waals surface area contributed by atoms with Crippen LogP contribution in [0.15, 0.2) is 170 Å². The fourth-order valence-corrected chi connectivity index (χ4v) is 10.5. The number of phosphoric acid groups is 2. The normalized spacial score (nSPS) is 15.1. The Morgan fingerprint density at radius 3 is 0.887 bits per heavy atom. The third-order valence-electron chi connectivity index (χ3n) is 14.4. The van der Waals surface area contributed by atoms with Gasteiger partial charge in [0.2, 0.25) is 0 Å². The van der Waals surface area contributed by atoms with E-state index in [-0.39, 0.29) is 19.3 Å². The highest BCUT2D eigenvalue weighted by Crippen LogP contribution is 2.45. The number of carbonyl (C=O) groups excluding carboxylic acids is 3. The summed E-state index contributed by atoms with van der Waals surface area (Å²) in [5.41, 5.74) is 0. The Balaban J connectivity index is 4.76. The van der Waals surface area contributed by atoms with Gasteiger partial charge in [0.15, 0.2) is 6.10 Å². The molecule has 550 valence electrons. The van der Waals surface area contributed by atoms with Crippen molar-refractivity contribution in [1.82, 2.24) is 0 Å². The third kappa shape index (κ3) is 72.0. The summed E-state index contributed by atoms with van der Waals surface area (Å²) in [5.74, 6) is -1.68. The van der Waals surface area contributed by atoms with Gasteiger partial charge in [-0.25, -0.2) is 9.13 Å². The lowest BCUT2D eigenvalue weighted by atomic mass is 10.1. The van der Waals surface area contributed by atoms with Crippen LogP contribution in [0, 0.1) is 0 Å². The first-order valence-electron chi connectivity index (χ1n) is 36.4. The second-order valence-electron chi connectivity index (χ2n) is 23.6.